The van der Waals surface area contributed by atoms with Crippen LogP contribution in [0.4, 0.5) is 5.95 Å². The molecule has 1 N–H and O–H groups in total. The third kappa shape index (κ3) is 2.10. The van der Waals surface area contributed by atoms with Crippen molar-refractivity contribution < 1.29 is 0 Å². The largest absolute Gasteiger partial charge is 0.341 e. The van der Waals surface area contributed by atoms with Crippen LogP contribution in [-0.2, 0) is 0 Å². The fourth-order valence-electron chi connectivity index (χ4n) is 2.31. The summed E-state index contributed by atoms with van der Waals surface area (Å²) in [6.45, 7) is 2.11. The predicted molar refractivity (Wildman–Crippen MR) is 67.3 cm³/mol. The standard InChI is InChI=1S/C12H17N5/c1-16(9-10-5-4-7-13-10)12-14-11-6-2-3-8-17(11)15-12/h2-3,6,8,10,13H,4-5,7,9H2,1H3. The van der Waals surface area contributed by atoms with Crippen LogP contribution in [-0.4, -0.2) is 40.8 Å². The van der Waals surface area contributed by atoms with Gasteiger partial charge in [0.15, 0.2) is 5.65 Å². The first kappa shape index (κ1) is 10.5. The van der Waals surface area contributed by atoms with Crippen LogP contribution in [0.1, 0.15) is 12.8 Å². The van der Waals surface area contributed by atoms with Gasteiger partial charge in [0.05, 0.1) is 0 Å². The Labute approximate surface area is 100 Å². The van der Waals surface area contributed by atoms with Gasteiger partial charge in [-0.25, -0.2) is 4.52 Å². The minimum absolute atomic E-state index is 0.576. The number of anilines is 1. The molecule has 0 amide bonds. The van der Waals surface area contributed by atoms with E-state index in [1.165, 1.54) is 12.8 Å². The molecule has 1 fully saturated rings. The summed E-state index contributed by atoms with van der Waals surface area (Å²) < 4.78 is 1.81. The van der Waals surface area contributed by atoms with E-state index in [1.54, 1.807) is 0 Å². The maximum absolute atomic E-state index is 4.50. The van der Waals surface area contributed by atoms with Crippen molar-refractivity contribution in [2.45, 2.75) is 18.9 Å². The lowest BCUT2D eigenvalue weighted by atomic mass is 10.2. The Morgan fingerprint density at radius 3 is 3.24 bits per heavy atom. The van der Waals surface area contributed by atoms with E-state index in [0.717, 1.165) is 24.7 Å². The van der Waals surface area contributed by atoms with Crippen LogP contribution in [0.15, 0.2) is 24.4 Å². The van der Waals surface area contributed by atoms with E-state index in [1.807, 2.05) is 28.9 Å². The van der Waals surface area contributed by atoms with E-state index in [4.69, 9.17) is 0 Å². The lowest BCUT2D eigenvalue weighted by Crippen LogP contribution is -2.35. The van der Waals surface area contributed by atoms with E-state index >= 15 is 0 Å². The molecule has 5 heteroatoms. The van der Waals surface area contributed by atoms with Crippen LogP contribution < -0.4 is 10.2 Å². The van der Waals surface area contributed by atoms with Gasteiger partial charge in [0.2, 0.25) is 5.95 Å². The van der Waals surface area contributed by atoms with Gasteiger partial charge < -0.3 is 10.2 Å². The highest BCUT2D eigenvalue weighted by Crippen LogP contribution is 2.12. The van der Waals surface area contributed by atoms with Crippen LogP contribution in [0.25, 0.3) is 5.65 Å². The molecule has 5 nitrogen and oxygen atoms in total. The number of nitrogens with zero attached hydrogens (tertiary/aromatic N) is 4. The topological polar surface area (TPSA) is 45.5 Å². The molecular weight excluding hydrogens is 214 g/mol. The fraction of sp³-hybridized carbons (Fsp3) is 0.500. The summed E-state index contributed by atoms with van der Waals surface area (Å²) in [5.74, 6) is 0.796. The second-order valence-electron chi connectivity index (χ2n) is 4.59. The molecule has 0 bridgehead atoms. The van der Waals surface area contributed by atoms with Crippen LogP contribution in [0.5, 0.6) is 0 Å². The van der Waals surface area contributed by atoms with E-state index in [0.29, 0.717) is 6.04 Å². The molecule has 0 aliphatic carbocycles. The maximum Gasteiger partial charge on any atom is 0.245 e. The third-order valence-corrected chi connectivity index (χ3v) is 3.23. The first-order chi connectivity index (χ1) is 8.33. The normalized spacial score (nSPS) is 19.9. The number of hydrogen-bond donors (Lipinski definition) is 1. The molecule has 1 saturated heterocycles. The lowest BCUT2D eigenvalue weighted by Gasteiger charge is -2.19. The summed E-state index contributed by atoms with van der Waals surface area (Å²) in [5.41, 5.74) is 0.897. The molecule has 0 saturated carbocycles. The SMILES string of the molecule is CN(CC1CCCN1)c1nc2ccccn2n1. The van der Waals surface area contributed by atoms with Crippen LogP contribution >= 0.6 is 0 Å². The zero-order chi connectivity index (χ0) is 11.7. The number of likely N-dealkylation sites (N-methyl/N-ethyl adjacent to an activating group) is 1. The Bertz CT molecular complexity index is 467. The molecule has 0 aromatic carbocycles. The number of fused-ring (bicyclic) bond motifs is 1. The van der Waals surface area contributed by atoms with Crippen molar-refractivity contribution in [1.29, 1.82) is 0 Å². The summed E-state index contributed by atoms with van der Waals surface area (Å²) in [5, 5.41) is 7.95. The molecule has 90 valence electrons. The minimum Gasteiger partial charge on any atom is -0.341 e. The van der Waals surface area contributed by atoms with Crippen molar-refractivity contribution >= 4 is 11.6 Å². The first-order valence-electron chi connectivity index (χ1n) is 6.09. The van der Waals surface area contributed by atoms with Gasteiger partial charge in [-0.05, 0) is 31.5 Å². The molecule has 0 spiro atoms. The summed E-state index contributed by atoms with van der Waals surface area (Å²) in [6.07, 6.45) is 4.45. The quantitative estimate of drug-likeness (QED) is 0.853. The van der Waals surface area contributed by atoms with Gasteiger partial charge >= 0.3 is 0 Å². The van der Waals surface area contributed by atoms with Crippen molar-refractivity contribution in [1.82, 2.24) is 19.9 Å². The van der Waals surface area contributed by atoms with Crippen LogP contribution in [0.3, 0.4) is 0 Å². The molecule has 1 aliphatic heterocycles. The second-order valence-corrected chi connectivity index (χ2v) is 4.59. The third-order valence-electron chi connectivity index (χ3n) is 3.23. The number of nitrogens with one attached hydrogen (secondary N) is 1. The maximum atomic E-state index is 4.50. The smallest absolute Gasteiger partial charge is 0.245 e. The molecule has 1 unspecified atom stereocenters. The molecule has 1 aliphatic rings. The summed E-state index contributed by atoms with van der Waals surface area (Å²) in [6, 6.07) is 6.49. The number of pyridine rings is 1. The van der Waals surface area contributed by atoms with Gasteiger partial charge in [0, 0.05) is 25.8 Å². The Balaban J connectivity index is 1.77. The molecule has 1 atom stereocenters. The van der Waals surface area contributed by atoms with Gasteiger partial charge in [-0.2, -0.15) is 4.98 Å². The van der Waals surface area contributed by atoms with Gasteiger partial charge in [0.1, 0.15) is 0 Å². The average Bonchev–Trinajstić information content (AvgIpc) is 2.96. The molecule has 2 aromatic rings. The molecule has 0 radical (unpaired) electrons. The first-order valence-corrected chi connectivity index (χ1v) is 6.09. The molecular formula is C12H17N5. The average molecular weight is 231 g/mol. The lowest BCUT2D eigenvalue weighted by molar-refractivity contribution is 0.594. The Hall–Kier alpha value is -1.62. The second kappa shape index (κ2) is 4.33. The summed E-state index contributed by atoms with van der Waals surface area (Å²) >= 11 is 0. The molecule has 3 rings (SSSR count). The summed E-state index contributed by atoms with van der Waals surface area (Å²) in [4.78, 5) is 6.63. The highest BCUT2D eigenvalue weighted by atomic mass is 15.4. The minimum atomic E-state index is 0.576. The van der Waals surface area contributed by atoms with Gasteiger partial charge in [-0.3, -0.25) is 0 Å². The van der Waals surface area contributed by atoms with Crippen molar-refractivity contribution in [3.8, 4) is 0 Å². The number of rotatable bonds is 3. The number of aromatic nitrogens is 3. The van der Waals surface area contributed by atoms with E-state index in [2.05, 4.69) is 27.3 Å². The van der Waals surface area contributed by atoms with Crippen molar-refractivity contribution in [3.05, 3.63) is 24.4 Å². The van der Waals surface area contributed by atoms with Crippen LogP contribution in [0, 0.1) is 0 Å². The van der Waals surface area contributed by atoms with Crippen molar-refractivity contribution in [2.24, 2.45) is 0 Å². The van der Waals surface area contributed by atoms with Crippen molar-refractivity contribution in [2.75, 3.05) is 25.0 Å². The van der Waals surface area contributed by atoms with Crippen LogP contribution in [0.2, 0.25) is 0 Å². The zero-order valence-electron chi connectivity index (χ0n) is 10.0. The zero-order valence-corrected chi connectivity index (χ0v) is 10.0. The van der Waals surface area contributed by atoms with Crippen molar-refractivity contribution in [3.63, 3.8) is 0 Å². The predicted octanol–water partition coefficient (Wildman–Crippen LogP) is 0.917. The van der Waals surface area contributed by atoms with E-state index in [-0.39, 0.29) is 0 Å². The monoisotopic (exact) mass is 231 g/mol. The molecule has 17 heavy (non-hydrogen) atoms. The van der Waals surface area contributed by atoms with Gasteiger partial charge in [-0.1, -0.05) is 6.07 Å². The Kier molecular flexibility index (Phi) is 2.68. The Morgan fingerprint density at radius 1 is 1.53 bits per heavy atom. The van der Waals surface area contributed by atoms with Gasteiger partial charge in [0.25, 0.3) is 0 Å². The summed E-state index contributed by atoms with van der Waals surface area (Å²) in [7, 11) is 2.05. The molecule has 3 heterocycles. The molecule has 2 aromatic heterocycles. The van der Waals surface area contributed by atoms with E-state index < -0.39 is 0 Å². The number of hydrogen-bond acceptors (Lipinski definition) is 4. The highest BCUT2D eigenvalue weighted by Gasteiger charge is 2.18. The van der Waals surface area contributed by atoms with Gasteiger partial charge in [-0.15, -0.1) is 5.10 Å². The fourth-order valence-corrected chi connectivity index (χ4v) is 2.31. The highest BCUT2D eigenvalue weighted by molar-refractivity contribution is 5.43. The van der Waals surface area contributed by atoms with E-state index in [9.17, 15) is 0 Å². The Morgan fingerprint density at radius 2 is 2.47 bits per heavy atom.